The van der Waals surface area contributed by atoms with Crippen LogP contribution in [0.25, 0.3) is 0 Å². The third kappa shape index (κ3) is 6.94. The summed E-state index contributed by atoms with van der Waals surface area (Å²) < 4.78 is 10.3. The van der Waals surface area contributed by atoms with Gasteiger partial charge in [0.2, 0.25) is 11.8 Å². The molecule has 1 aliphatic heterocycles. The maximum Gasteiger partial charge on any atom is 0.408 e. The molecule has 0 saturated carbocycles. The number of nitrogens with zero attached hydrogens (tertiary/aromatic N) is 1. The SMILES string of the molecule is CCOC(=O)CNC(=O)[C@H]1[C@H](C)[C@H](NC(=O)OC(C)(C)C)c2ccccc2CN1C(=O)CC. The van der Waals surface area contributed by atoms with Gasteiger partial charge in [-0.15, -0.1) is 0 Å². The second-order valence-corrected chi connectivity index (χ2v) is 9.02. The average molecular weight is 462 g/mol. The Labute approximate surface area is 195 Å². The number of fused-ring (bicyclic) bond motifs is 1. The summed E-state index contributed by atoms with van der Waals surface area (Å²) in [5.41, 5.74) is 0.941. The van der Waals surface area contributed by atoms with Crippen molar-refractivity contribution >= 4 is 23.9 Å². The first kappa shape index (κ1) is 26.2. The lowest BCUT2D eigenvalue weighted by Gasteiger charge is -2.35. The smallest absolute Gasteiger partial charge is 0.408 e. The monoisotopic (exact) mass is 461 g/mol. The van der Waals surface area contributed by atoms with E-state index < -0.39 is 41.6 Å². The summed E-state index contributed by atoms with van der Waals surface area (Å²) in [4.78, 5) is 52.1. The maximum atomic E-state index is 13.3. The second kappa shape index (κ2) is 11.2. The summed E-state index contributed by atoms with van der Waals surface area (Å²) in [6, 6.07) is 5.94. The fourth-order valence-corrected chi connectivity index (χ4v) is 3.96. The zero-order valence-corrected chi connectivity index (χ0v) is 20.3. The van der Waals surface area contributed by atoms with Crippen LogP contribution in [-0.2, 0) is 30.4 Å². The highest BCUT2D eigenvalue weighted by atomic mass is 16.6. The molecule has 0 aliphatic carbocycles. The van der Waals surface area contributed by atoms with Gasteiger partial charge in [-0.05, 0) is 38.8 Å². The molecule has 0 bridgehead atoms. The third-order valence-corrected chi connectivity index (χ3v) is 5.37. The molecule has 2 N–H and O–H groups in total. The molecule has 1 aliphatic rings. The van der Waals surface area contributed by atoms with Gasteiger partial charge in [-0.2, -0.15) is 0 Å². The van der Waals surface area contributed by atoms with Gasteiger partial charge >= 0.3 is 12.1 Å². The van der Waals surface area contributed by atoms with Gasteiger partial charge in [0.25, 0.3) is 0 Å². The number of alkyl carbamates (subject to hydrolysis) is 1. The predicted molar refractivity (Wildman–Crippen MR) is 122 cm³/mol. The molecule has 9 heteroatoms. The zero-order valence-electron chi connectivity index (χ0n) is 20.3. The van der Waals surface area contributed by atoms with Crippen molar-refractivity contribution in [3.05, 3.63) is 35.4 Å². The zero-order chi connectivity index (χ0) is 24.8. The van der Waals surface area contributed by atoms with Crippen molar-refractivity contribution in [1.29, 1.82) is 0 Å². The van der Waals surface area contributed by atoms with E-state index in [0.29, 0.717) is 0 Å². The molecule has 0 aromatic heterocycles. The Balaban J connectivity index is 2.43. The Morgan fingerprint density at radius 1 is 1.12 bits per heavy atom. The third-order valence-electron chi connectivity index (χ3n) is 5.37. The molecule has 1 aromatic carbocycles. The van der Waals surface area contributed by atoms with Crippen molar-refractivity contribution in [2.75, 3.05) is 13.2 Å². The summed E-state index contributed by atoms with van der Waals surface area (Å²) in [5, 5.41) is 5.49. The molecular weight excluding hydrogens is 426 g/mol. The van der Waals surface area contributed by atoms with Crippen LogP contribution in [0.15, 0.2) is 24.3 Å². The molecule has 9 nitrogen and oxygen atoms in total. The molecule has 0 unspecified atom stereocenters. The first-order chi connectivity index (χ1) is 15.5. The molecule has 1 heterocycles. The number of rotatable bonds is 6. The van der Waals surface area contributed by atoms with E-state index in [9.17, 15) is 19.2 Å². The lowest BCUT2D eigenvalue weighted by molar-refractivity contribution is -0.146. The first-order valence-corrected chi connectivity index (χ1v) is 11.3. The number of benzene rings is 1. The van der Waals surface area contributed by atoms with Crippen molar-refractivity contribution in [2.45, 2.75) is 72.2 Å². The number of amides is 3. The Morgan fingerprint density at radius 2 is 1.79 bits per heavy atom. The van der Waals surface area contributed by atoms with Gasteiger partial charge < -0.3 is 25.0 Å². The number of carbonyl (C=O) groups excluding carboxylic acids is 4. The topological polar surface area (TPSA) is 114 Å². The standard InChI is InChI=1S/C24H35N3O6/c1-7-18(28)27-14-16-11-9-10-12-17(16)20(26-23(31)33-24(4,5)6)15(3)21(27)22(30)25-13-19(29)32-8-2/h9-12,15,20-21H,7-8,13-14H2,1-6H3,(H,25,30)(H,26,31)/t15-,20+,21-/m1/s1. The Kier molecular flexibility index (Phi) is 8.84. The molecule has 0 fully saturated rings. The van der Waals surface area contributed by atoms with E-state index in [1.165, 1.54) is 4.90 Å². The summed E-state index contributed by atoms with van der Waals surface area (Å²) >= 11 is 0. The predicted octanol–water partition coefficient (Wildman–Crippen LogP) is 2.69. The van der Waals surface area contributed by atoms with Crippen molar-refractivity contribution in [1.82, 2.24) is 15.5 Å². The van der Waals surface area contributed by atoms with Gasteiger partial charge in [0.05, 0.1) is 12.6 Å². The molecule has 2 rings (SSSR count). The molecule has 3 atom stereocenters. The van der Waals surface area contributed by atoms with Crippen molar-refractivity contribution in [2.24, 2.45) is 5.92 Å². The lowest BCUT2D eigenvalue weighted by Crippen LogP contribution is -2.54. The van der Waals surface area contributed by atoms with E-state index in [-0.39, 0.29) is 32.0 Å². The molecule has 33 heavy (non-hydrogen) atoms. The average Bonchev–Trinajstić information content (AvgIpc) is 2.85. The number of hydrogen-bond acceptors (Lipinski definition) is 6. The first-order valence-electron chi connectivity index (χ1n) is 11.3. The van der Waals surface area contributed by atoms with Crippen molar-refractivity contribution < 1.29 is 28.7 Å². The molecule has 182 valence electrons. The summed E-state index contributed by atoms with van der Waals surface area (Å²) in [5.74, 6) is -1.77. The number of hydrogen-bond donors (Lipinski definition) is 2. The number of carbonyl (C=O) groups is 4. The Hall–Kier alpha value is -3.10. The summed E-state index contributed by atoms with van der Waals surface area (Å²) in [6.07, 6.45) is -0.407. The van der Waals surface area contributed by atoms with Crippen LogP contribution in [0.4, 0.5) is 4.79 Å². The second-order valence-electron chi connectivity index (χ2n) is 9.02. The van der Waals surface area contributed by atoms with E-state index in [1.54, 1.807) is 41.5 Å². The van der Waals surface area contributed by atoms with Crippen LogP contribution in [0.3, 0.4) is 0 Å². The fourth-order valence-electron chi connectivity index (χ4n) is 3.96. The Bertz CT molecular complexity index is 879. The minimum Gasteiger partial charge on any atom is -0.465 e. The van der Waals surface area contributed by atoms with Crippen LogP contribution >= 0.6 is 0 Å². The maximum absolute atomic E-state index is 13.3. The quantitative estimate of drug-likeness (QED) is 0.630. The van der Waals surface area contributed by atoms with Gasteiger partial charge in [-0.3, -0.25) is 14.4 Å². The van der Waals surface area contributed by atoms with Gasteiger partial charge in [-0.1, -0.05) is 38.1 Å². The fraction of sp³-hybridized carbons (Fsp3) is 0.583. The van der Waals surface area contributed by atoms with E-state index in [0.717, 1.165) is 11.1 Å². The minimum atomic E-state index is -0.917. The highest BCUT2D eigenvalue weighted by molar-refractivity contribution is 5.90. The lowest BCUT2D eigenvalue weighted by atomic mass is 9.87. The molecule has 3 amide bonds. The molecule has 1 aromatic rings. The van der Waals surface area contributed by atoms with Crippen molar-refractivity contribution in [3.8, 4) is 0 Å². The normalized spacial score (nSPS) is 20.2. The van der Waals surface area contributed by atoms with E-state index in [4.69, 9.17) is 9.47 Å². The number of esters is 1. The van der Waals surface area contributed by atoms with Crippen LogP contribution in [0.5, 0.6) is 0 Å². The Morgan fingerprint density at radius 3 is 2.39 bits per heavy atom. The summed E-state index contributed by atoms with van der Waals surface area (Å²) in [7, 11) is 0. The molecular formula is C24H35N3O6. The van der Waals surface area contributed by atoms with Crippen LogP contribution in [0, 0.1) is 5.92 Å². The van der Waals surface area contributed by atoms with Gasteiger partial charge in [0.15, 0.2) is 0 Å². The van der Waals surface area contributed by atoms with E-state index in [2.05, 4.69) is 10.6 Å². The van der Waals surface area contributed by atoms with Gasteiger partial charge in [0, 0.05) is 18.9 Å². The van der Waals surface area contributed by atoms with E-state index in [1.807, 2.05) is 24.3 Å². The van der Waals surface area contributed by atoms with Crippen molar-refractivity contribution in [3.63, 3.8) is 0 Å². The van der Waals surface area contributed by atoms with Crippen LogP contribution in [-0.4, -0.2) is 53.6 Å². The van der Waals surface area contributed by atoms with Gasteiger partial charge in [0.1, 0.15) is 18.2 Å². The number of nitrogens with one attached hydrogen (secondary N) is 2. The molecule has 0 spiro atoms. The highest BCUT2D eigenvalue weighted by Crippen LogP contribution is 2.35. The van der Waals surface area contributed by atoms with Crippen LogP contribution in [0.2, 0.25) is 0 Å². The van der Waals surface area contributed by atoms with Gasteiger partial charge in [-0.25, -0.2) is 4.79 Å². The highest BCUT2D eigenvalue weighted by Gasteiger charge is 2.42. The molecule has 0 saturated heterocycles. The molecule has 0 radical (unpaired) electrons. The van der Waals surface area contributed by atoms with Crippen LogP contribution in [0.1, 0.15) is 65.1 Å². The summed E-state index contributed by atoms with van der Waals surface area (Å²) in [6.45, 7) is 10.6. The number of ether oxygens (including phenoxy) is 2. The largest absolute Gasteiger partial charge is 0.465 e. The van der Waals surface area contributed by atoms with Crippen LogP contribution < -0.4 is 10.6 Å². The van der Waals surface area contributed by atoms with E-state index >= 15 is 0 Å². The minimum absolute atomic E-state index is 0.201.